The molecule has 0 aromatic carbocycles. The van der Waals surface area contributed by atoms with Crippen LogP contribution in [0.4, 0.5) is 0 Å². The van der Waals surface area contributed by atoms with Crippen molar-refractivity contribution in [3.05, 3.63) is 0 Å². The van der Waals surface area contributed by atoms with Crippen molar-refractivity contribution >= 4 is 0 Å². The fraction of sp³-hybridized carbons (Fsp3) is 0.800. The molecule has 0 aromatic rings. The Bertz CT molecular complexity index is 86.9. The summed E-state index contributed by atoms with van der Waals surface area (Å²) in [4.78, 5) is 0. The molecule has 3 nitrogen and oxygen atoms in total. The molecule has 0 amide bonds. The summed E-state index contributed by atoms with van der Waals surface area (Å²) in [5.41, 5.74) is 0. The number of aliphatic hydroxyl groups is 1. The molecule has 0 aliphatic carbocycles. The lowest BCUT2D eigenvalue weighted by molar-refractivity contribution is -0.00882. The van der Waals surface area contributed by atoms with Crippen molar-refractivity contribution in [2.24, 2.45) is 5.92 Å². The predicted molar refractivity (Wildman–Crippen MR) is 27.8 cm³/mol. The minimum Gasteiger partial charge on any atom is -0.371 e. The molecule has 0 heterocycles. The molecule has 0 saturated heterocycles. The van der Waals surface area contributed by atoms with Crippen LogP contribution in [-0.2, 0) is 4.74 Å². The minimum atomic E-state index is -0.300. The molecule has 0 bridgehead atoms. The van der Waals surface area contributed by atoms with E-state index >= 15 is 0 Å². The van der Waals surface area contributed by atoms with Gasteiger partial charge in [0.15, 0.2) is 0 Å². The molecule has 0 rings (SSSR count). The van der Waals surface area contributed by atoms with Crippen molar-refractivity contribution in [1.82, 2.24) is 0 Å². The second kappa shape index (κ2) is 4.57. The van der Waals surface area contributed by atoms with Crippen LogP contribution in [-0.4, -0.2) is 18.5 Å². The Morgan fingerprint density at radius 2 is 2.50 bits per heavy atom. The zero-order valence-corrected chi connectivity index (χ0v) is 4.79. The molecular formula is C5H9NO2. The zero-order chi connectivity index (χ0) is 6.41. The lowest BCUT2D eigenvalue weighted by Gasteiger charge is -1.98. The molecule has 0 radical (unpaired) electrons. The summed E-state index contributed by atoms with van der Waals surface area (Å²) < 4.78 is 4.52. The average Bonchev–Trinajstić information content (AvgIpc) is 1.83. The molecule has 0 aromatic heterocycles. The molecule has 1 N–H and O–H groups in total. The summed E-state index contributed by atoms with van der Waals surface area (Å²) in [5.74, 6) is -0.123. The van der Waals surface area contributed by atoms with E-state index < -0.39 is 0 Å². The van der Waals surface area contributed by atoms with Crippen LogP contribution in [0.1, 0.15) is 6.92 Å². The van der Waals surface area contributed by atoms with E-state index in [1.165, 1.54) is 0 Å². The van der Waals surface area contributed by atoms with Crippen LogP contribution < -0.4 is 0 Å². The van der Waals surface area contributed by atoms with Crippen molar-refractivity contribution in [2.75, 3.05) is 13.4 Å². The third kappa shape index (κ3) is 3.59. The van der Waals surface area contributed by atoms with Gasteiger partial charge in [0.05, 0.1) is 18.6 Å². The van der Waals surface area contributed by atoms with Crippen LogP contribution in [0.25, 0.3) is 0 Å². The molecule has 0 aliphatic rings. The average molecular weight is 115 g/mol. The van der Waals surface area contributed by atoms with Gasteiger partial charge >= 0.3 is 0 Å². The fourth-order valence-electron chi connectivity index (χ4n) is 0.267. The van der Waals surface area contributed by atoms with Crippen LogP contribution in [0.15, 0.2) is 0 Å². The summed E-state index contributed by atoms with van der Waals surface area (Å²) in [7, 11) is 0. The summed E-state index contributed by atoms with van der Waals surface area (Å²) in [6.07, 6.45) is 0. The maximum Gasteiger partial charge on any atom is 0.143 e. The molecule has 8 heavy (non-hydrogen) atoms. The SMILES string of the molecule is CC(C#N)COCO. The molecule has 3 heteroatoms. The second-order valence-corrected chi connectivity index (χ2v) is 1.53. The predicted octanol–water partition coefficient (Wildman–Crippen LogP) is 0.112. The summed E-state index contributed by atoms with van der Waals surface area (Å²) in [6.45, 7) is 1.74. The quantitative estimate of drug-likeness (QED) is 0.531. The van der Waals surface area contributed by atoms with Crippen molar-refractivity contribution in [2.45, 2.75) is 6.92 Å². The van der Waals surface area contributed by atoms with Crippen molar-refractivity contribution < 1.29 is 9.84 Å². The van der Waals surface area contributed by atoms with Gasteiger partial charge in [-0.1, -0.05) is 0 Å². The molecule has 0 spiro atoms. The first-order chi connectivity index (χ1) is 3.81. The van der Waals surface area contributed by atoms with Gasteiger partial charge < -0.3 is 9.84 Å². The Kier molecular flexibility index (Phi) is 4.23. The van der Waals surface area contributed by atoms with E-state index in [1.807, 2.05) is 6.07 Å². The summed E-state index contributed by atoms with van der Waals surface area (Å²) in [5, 5.41) is 16.2. The van der Waals surface area contributed by atoms with Crippen molar-refractivity contribution in [1.29, 1.82) is 5.26 Å². The highest BCUT2D eigenvalue weighted by atomic mass is 16.6. The zero-order valence-electron chi connectivity index (χ0n) is 4.79. The van der Waals surface area contributed by atoms with E-state index in [-0.39, 0.29) is 12.7 Å². The molecule has 0 saturated carbocycles. The number of nitriles is 1. The number of hydrogen-bond acceptors (Lipinski definition) is 3. The monoisotopic (exact) mass is 115 g/mol. The van der Waals surface area contributed by atoms with Crippen LogP contribution in [0.3, 0.4) is 0 Å². The Hall–Kier alpha value is -0.590. The van der Waals surface area contributed by atoms with Gasteiger partial charge in [-0.05, 0) is 6.92 Å². The standard InChI is InChI=1S/C5H9NO2/c1-5(2-6)3-8-4-7/h5,7H,3-4H2,1H3. The highest BCUT2D eigenvalue weighted by Gasteiger charge is 1.95. The minimum absolute atomic E-state index is 0.123. The smallest absolute Gasteiger partial charge is 0.143 e. The van der Waals surface area contributed by atoms with Gasteiger partial charge in [0.1, 0.15) is 6.79 Å². The lowest BCUT2D eigenvalue weighted by atomic mass is 10.2. The van der Waals surface area contributed by atoms with Crippen LogP contribution in [0.5, 0.6) is 0 Å². The molecule has 46 valence electrons. The van der Waals surface area contributed by atoms with Gasteiger partial charge in [-0.2, -0.15) is 5.26 Å². The number of hydrogen-bond donors (Lipinski definition) is 1. The number of rotatable bonds is 3. The van der Waals surface area contributed by atoms with Gasteiger partial charge in [0.25, 0.3) is 0 Å². The topological polar surface area (TPSA) is 53.2 Å². The van der Waals surface area contributed by atoms with E-state index in [4.69, 9.17) is 10.4 Å². The first-order valence-corrected chi connectivity index (χ1v) is 2.39. The Morgan fingerprint density at radius 1 is 1.88 bits per heavy atom. The van der Waals surface area contributed by atoms with Crippen LogP contribution in [0.2, 0.25) is 0 Å². The van der Waals surface area contributed by atoms with Crippen molar-refractivity contribution in [3.8, 4) is 6.07 Å². The van der Waals surface area contributed by atoms with E-state index in [1.54, 1.807) is 6.92 Å². The maximum atomic E-state index is 8.15. The summed E-state index contributed by atoms with van der Waals surface area (Å²) in [6, 6.07) is 1.96. The molecule has 1 unspecified atom stereocenters. The number of ether oxygens (including phenoxy) is 1. The maximum absolute atomic E-state index is 8.15. The fourth-order valence-corrected chi connectivity index (χ4v) is 0.267. The van der Waals surface area contributed by atoms with E-state index in [9.17, 15) is 0 Å². The number of nitrogens with zero attached hydrogens (tertiary/aromatic N) is 1. The van der Waals surface area contributed by atoms with Gasteiger partial charge in [-0.15, -0.1) is 0 Å². The van der Waals surface area contributed by atoms with E-state index in [2.05, 4.69) is 4.74 Å². The number of aliphatic hydroxyl groups excluding tert-OH is 1. The van der Waals surface area contributed by atoms with Crippen LogP contribution in [0, 0.1) is 17.2 Å². The first kappa shape index (κ1) is 7.41. The van der Waals surface area contributed by atoms with E-state index in [0.29, 0.717) is 6.61 Å². The largest absolute Gasteiger partial charge is 0.371 e. The molecule has 1 atom stereocenters. The Labute approximate surface area is 48.5 Å². The van der Waals surface area contributed by atoms with E-state index in [0.717, 1.165) is 0 Å². The van der Waals surface area contributed by atoms with Crippen molar-refractivity contribution in [3.63, 3.8) is 0 Å². The molecule has 0 fully saturated rings. The highest BCUT2D eigenvalue weighted by Crippen LogP contribution is 1.90. The lowest BCUT2D eigenvalue weighted by Crippen LogP contribution is -2.03. The van der Waals surface area contributed by atoms with Gasteiger partial charge in [-0.3, -0.25) is 0 Å². The molecular weight excluding hydrogens is 106 g/mol. The van der Waals surface area contributed by atoms with Gasteiger partial charge in [-0.25, -0.2) is 0 Å². The third-order valence-corrected chi connectivity index (χ3v) is 0.680. The highest BCUT2D eigenvalue weighted by molar-refractivity contribution is 4.77. The summed E-state index contributed by atoms with van der Waals surface area (Å²) >= 11 is 0. The second-order valence-electron chi connectivity index (χ2n) is 1.53. The van der Waals surface area contributed by atoms with Gasteiger partial charge in [0, 0.05) is 0 Å². The van der Waals surface area contributed by atoms with Crippen LogP contribution >= 0.6 is 0 Å². The third-order valence-electron chi connectivity index (χ3n) is 0.680. The Balaban J connectivity index is 3.02. The first-order valence-electron chi connectivity index (χ1n) is 2.39. The van der Waals surface area contributed by atoms with Gasteiger partial charge in [0.2, 0.25) is 0 Å². The Morgan fingerprint density at radius 3 is 2.88 bits per heavy atom. The normalized spacial score (nSPS) is 12.6. The molecule has 0 aliphatic heterocycles.